The summed E-state index contributed by atoms with van der Waals surface area (Å²) in [5, 5.41) is 8.80. The smallest absolute Gasteiger partial charge is 0.312 e. The van der Waals surface area contributed by atoms with Crippen molar-refractivity contribution in [2.24, 2.45) is 0 Å². The van der Waals surface area contributed by atoms with Crippen LogP contribution >= 0.6 is 0 Å². The highest BCUT2D eigenvalue weighted by atomic mass is 16.3. The molecule has 1 N–H and O–H groups in total. The normalized spacial score (nSPS) is 22.9. The van der Waals surface area contributed by atoms with E-state index in [-0.39, 0.29) is 25.2 Å². The highest BCUT2D eigenvalue weighted by molar-refractivity contribution is 6.35. The number of amides is 2. The average molecular weight is 214 g/mol. The lowest BCUT2D eigenvalue weighted by molar-refractivity contribution is -0.160. The molecule has 0 aliphatic carbocycles. The third kappa shape index (κ3) is 2.28. The van der Waals surface area contributed by atoms with Gasteiger partial charge in [-0.05, 0) is 20.8 Å². The van der Waals surface area contributed by atoms with Crippen LogP contribution in [-0.2, 0) is 9.59 Å². The van der Waals surface area contributed by atoms with Gasteiger partial charge in [-0.25, -0.2) is 0 Å². The van der Waals surface area contributed by atoms with Gasteiger partial charge in [-0.3, -0.25) is 9.59 Å². The van der Waals surface area contributed by atoms with Crippen molar-refractivity contribution in [3.8, 4) is 0 Å². The Kier molecular flexibility index (Phi) is 3.68. The monoisotopic (exact) mass is 214 g/mol. The molecule has 1 aliphatic rings. The molecule has 0 spiro atoms. The quantitative estimate of drug-likeness (QED) is 0.641. The van der Waals surface area contributed by atoms with Gasteiger partial charge < -0.3 is 14.9 Å². The Morgan fingerprint density at radius 3 is 2.47 bits per heavy atom. The van der Waals surface area contributed by atoms with E-state index in [1.807, 2.05) is 20.8 Å². The van der Waals surface area contributed by atoms with Gasteiger partial charge >= 0.3 is 11.8 Å². The van der Waals surface area contributed by atoms with Gasteiger partial charge in [0.25, 0.3) is 0 Å². The Morgan fingerprint density at radius 2 is 2.00 bits per heavy atom. The zero-order valence-electron chi connectivity index (χ0n) is 9.43. The minimum absolute atomic E-state index is 0.0234. The minimum atomic E-state index is -0.503. The second-order valence-electron chi connectivity index (χ2n) is 4.12. The lowest BCUT2D eigenvalue weighted by Gasteiger charge is -2.40. The van der Waals surface area contributed by atoms with Gasteiger partial charge in [-0.15, -0.1) is 0 Å². The summed E-state index contributed by atoms with van der Waals surface area (Å²) >= 11 is 0. The van der Waals surface area contributed by atoms with Crippen LogP contribution in [0.1, 0.15) is 20.8 Å². The maximum absolute atomic E-state index is 11.7. The largest absolute Gasteiger partial charge is 0.395 e. The first kappa shape index (κ1) is 12.0. The van der Waals surface area contributed by atoms with Crippen LogP contribution < -0.4 is 0 Å². The Bertz CT molecular complexity index is 265. The molecule has 0 aromatic heterocycles. The summed E-state index contributed by atoms with van der Waals surface area (Å²) in [5.74, 6) is -0.965. The highest BCUT2D eigenvalue weighted by Gasteiger charge is 2.37. The molecular weight excluding hydrogens is 196 g/mol. The van der Waals surface area contributed by atoms with E-state index in [4.69, 9.17) is 5.11 Å². The fraction of sp³-hybridized carbons (Fsp3) is 0.800. The lowest BCUT2D eigenvalue weighted by Crippen LogP contribution is -2.60. The fourth-order valence-electron chi connectivity index (χ4n) is 1.79. The van der Waals surface area contributed by atoms with E-state index in [0.29, 0.717) is 6.54 Å². The van der Waals surface area contributed by atoms with Crippen molar-refractivity contribution in [1.82, 2.24) is 9.80 Å². The van der Waals surface area contributed by atoms with E-state index in [0.717, 1.165) is 0 Å². The summed E-state index contributed by atoms with van der Waals surface area (Å²) in [4.78, 5) is 26.3. The molecule has 5 heteroatoms. The minimum Gasteiger partial charge on any atom is -0.395 e. The third-order valence-electron chi connectivity index (χ3n) is 2.66. The first-order valence-electron chi connectivity index (χ1n) is 5.21. The van der Waals surface area contributed by atoms with Crippen LogP contribution in [0.4, 0.5) is 0 Å². The highest BCUT2D eigenvalue weighted by Crippen LogP contribution is 2.13. The van der Waals surface area contributed by atoms with Crippen LogP contribution in [0.25, 0.3) is 0 Å². The van der Waals surface area contributed by atoms with Crippen molar-refractivity contribution in [2.45, 2.75) is 32.9 Å². The van der Waals surface area contributed by atoms with E-state index < -0.39 is 11.8 Å². The van der Waals surface area contributed by atoms with Gasteiger partial charge in [0.15, 0.2) is 0 Å². The predicted octanol–water partition coefficient (Wildman–Crippen LogP) is -0.554. The van der Waals surface area contributed by atoms with E-state index >= 15 is 0 Å². The van der Waals surface area contributed by atoms with Gasteiger partial charge in [0, 0.05) is 25.2 Å². The molecule has 0 aromatic carbocycles. The predicted molar refractivity (Wildman–Crippen MR) is 55.1 cm³/mol. The van der Waals surface area contributed by atoms with Crippen molar-refractivity contribution in [2.75, 3.05) is 19.7 Å². The molecule has 5 nitrogen and oxygen atoms in total. The Balaban J connectivity index is 2.79. The molecule has 2 amide bonds. The molecule has 0 aromatic rings. The molecule has 0 saturated carbocycles. The van der Waals surface area contributed by atoms with Crippen molar-refractivity contribution in [3.05, 3.63) is 0 Å². The van der Waals surface area contributed by atoms with Gasteiger partial charge in [-0.2, -0.15) is 0 Å². The molecule has 86 valence electrons. The summed E-state index contributed by atoms with van der Waals surface area (Å²) in [5.41, 5.74) is 0. The molecule has 1 unspecified atom stereocenters. The molecule has 15 heavy (non-hydrogen) atoms. The van der Waals surface area contributed by atoms with E-state index in [2.05, 4.69) is 0 Å². The standard InChI is InChI=1S/C10H18N2O3/c1-7(2)12-6-8(3)11(4-5-13)9(14)10(12)15/h7-8,13H,4-6H2,1-3H3. The second kappa shape index (κ2) is 4.61. The summed E-state index contributed by atoms with van der Waals surface area (Å²) in [7, 11) is 0. The number of carbonyl (C=O) groups is 2. The lowest BCUT2D eigenvalue weighted by atomic mass is 10.1. The third-order valence-corrected chi connectivity index (χ3v) is 2.66. The number of β-amino-alcohol motifs (C(OH)–C–C–N with tert-alkyl or cyclic N) is 1. The summed E-state index contributed by atoms with van der Waals surface area (Å²) < 4.78 is 0. The van der Waals surface area contributed by atoms with Crippen molar-refractivity contribution >= 4 is 11.8 Å². The number of rotatable bonds is 3. The second-order valence-corrected chi connectivity index (χ2v) is 4.12. The maximum Gasteiger partial charge on any atom is 0.312 e. The number of nitrogens with zero attached hydrogens (tertiary/aromatic N) is 2. The van der Waals surface area contributed by atoms with Crippen LogP contribution in [-0.4, -0.2) is 58.5 Å². The molecule has 0 bridgehead atoms. The zero-order valence-corrected chi connectivity index (χ0v) is 9.43. The number of aliphatic hydroxyl groups is 1. The van der Waals surface area contributed by atoms with Gasteiger partial charge in [0.05, 0.1) is 6.61 Å². The molecule has 1 aliphatic heterocycles. The Labute approximate surface area is 89.7 Å². The molecule has 1 rings (SSSR count). The molecular formula is C10H18N2O3. The maximum atomic E-state index is 11.7. The SMILES string of the molecule is CC(C)N1CC(C)N(CCO)C(=O)C1=O. The number of hydrogen-bond donors (Lipinski definition) is 1. The molecule has 1 heterocycles. The summed E-state index contributed by atoms with van der Waals surface area (Å²) in [6.07, 6.45) is 0. The number of aliphatic hydroxyl groups excluding tert-OH is 1. The van der Waals surface area contributed by atoms with Crippen molar-refractivity contribution in [3.63, 3.8) is 0 Å². The van der Waals surface area contributed by atoms with Gasteiger partial charge in [-0.1, -0.05) is 0 Å². The molecule has 1 saturated heterocycles. The van der Waals surface area contributed by atoms with E-state index in [9.17, 15) is 9.59 Å². The fourth-order valence-corrected chi connectivity index (χ4v) is 1.79. The van der Waals surface area contributed by atoms with Crippen LogP contribution in [0, 0.1) is 0 Å². The molecule has 1 atom stereocenters. The van der Waals surface area contributed by atoms with Gasteiger partial charge in [0.1, 0.15) is 0 Å². The Morgan fingerprint density at radius 1 is 1.40 bits per heavy atom. The van der Waals surface area contributed by atoms with Gasteiger partial charge in [0.2, 0.25) is 0 Å². The van der Waals surface area contributed by atoms with Crippen LogP contribution in [0.15, 0.2) is 0 Å². The Hall–Kier alpha value is -1.10. The topological polar surface area (TPSA) is 60.9 Å². The molecule has 1 fully saturated rings. The van der Waals surface area contributed by atoms with Crippen molar-refractivity contribution in [1.29, 1.82) is 0 Å². The number of carbonyl (C=O) groups excluding carboxylic acids is 2. The number of hydrogen-bond acceptors (Lipinski definition) is 3. The summed E-state index contributed by atoms with van der Waals surface area (Å²) in [6.45, 7) is 6.33. The van der Waals surface area contributed by atoms with E-state index in [1.165, 1.54) is 4.90 Å². The van der Waals surface area contributed by atoms with Crippen LogP contribution in [0.5, 0.6) is 0 Å². The average Bonchev–Trinajstić information content (AvgIpc) is 2.18. The first-order valence-corrected chi connectivity index (χ1v) is 5.21. The summed E-state index contributed by atoms with van der Waals surface area (Å²) in [6, 6.07) is 0.0185. The van der Waals surface area contributed by atoms with Crippen molar-refractivity contribution < 1.29 is 14.7 Å². The van der Waals surface area contributed by atoms with E-state index in [1.54, 1.807) is 4.90 Å². The van der Waals surface area contributed by atoms with Crippen LogP contribution in [0.2, 0.25) is 0 Å². The first-order chi connectivity index (χ1) is 6.99. The number of piperazine rings is 1. The zero-order chi connectivity index (χ0) is 11.6. The van der Waals surface area contributed by atoms with Crippen LogP contribution in [0.3, 0.4) is 0 Å². The molecule has 0 radical (unpaired) electrons.